The lowest BCUT2D eigenvalue weighted by Crippen LogP contribution is -2.23. The molecule has 3 rings (SSSR count). The Bertz CT molecular complexity index is 547. The molecule has 24 heavy (non-hydrogen) atoms. The Morgan fingerprint density at radius 1 is 0.833 bits per heavy atom. The van der Waals surface area contributed by atoms with Crippen LogP contribution in [0, 0.1) is 18.3 Å². The van der Waals surface area contributed by atoms with E-state index in [-0.39, 0.29) is 5.56 Å². The number of carbonyl (C=O) groups is 1. The summed E-state index contributed by atoms with van der Waals surface area (Å²) in [7, 11) is 0. The molecule has 0 spiro atoms. The summed E-state index contributed by atoms with van der Waals surface area (Å²) in [4.78, 5) is 11.2. The lowest BCUT2D eigenvalue weighted by atomic mass is 9.70. The van der Waals surface area contributed by atoms with Crippen LogP contribution >= 0.6 is 0 Å². The van der Waals surface area contributed by atoms with Gasteiger partial charge in [0, 0.05) is 5.56 Å². The van der Waals surface area contributed by atoms with Crippen LogP contribution in [0.15, 0.2) is 24.3 Å². The number of halogens is 3. The van der Waals surface area contributed by atoms with Crippen LogP contribution < -0.4 is 0 Å². The van der Waals surface area contributed by atoms with Crippen molar-refractivity contribution in [3.8, 4) is 0 Å². The molecule has 1 aromatic rings. The van der Waals surface area contributed by atoms with Crippen molar-refractivity contribution < 1.29 is 18.0 Å². The van der Waals surface area contributed by atoms with E-state index < -0.39 is 12.0 Å². The summed E-state index contributed by atoms with van der Waals surface area (Å²) < 4.78 is 37.4. The van der Waals surface area contributed by atoms with Crippen LogP contribution in [-0.4, -0.2) is 12.0 Å². The van der Waals surface area contributed by atoms with E-state index in [9.17, 15) is 18.0 Å². The number of Topliss-reactive ketones (excluding diaryl/α,β-unsaturated/α-hetero) is 1. The molecular weight excluding hydrogens is 313 g/mol. The van der Waals surface area contributed by atoms with Gasteiger partial charge in [0.1, 0.15) is 0 Å². The maximum Gasteiger partial charge on any atom is 0.454 e. The van der Waals surface area contributed by atoms with Gasteiger partial charge in [0.2, 0.25) is 0 Å². The Labute approximate surface area is 141 Å². The average Bonchev–Trinajstić information content (AvgIpc) is 2.61. The van der Waals surface area contributed by atoms with Gasteiger partial charge in [0.05, 0.1) is 0 Å². The molecule has 0 unspecified atom stereocenters. The van der Waals surface area contributed by atoms with Gasteiger partial charge in [-0.25, -0.2) is 0 Å². The maximum atomic E-state index is 12.5. The first-order valence-corrected chi connectivity index (χ1v) is 8.98. The highest BCUT2D eigenvalue weighted by atomic mass is 19.4. The van der Waals surface area contributed by atoms with Gasteiger partial charge in [-0.15, -0.1) is 0 Å². The molecule has 0 atom stereocenters. The summed E-state index contributed by atoms with van der Waals surface area (Å²) in [6.45, 7) is 0. The van der Waals surface area contributed by atoms with Crippen molar-refractivity contribution in [3.63, 3.8) is 0 Å². The first kappa shape index (κ1) is 17.5. The summed E-state index contributed by atoms with van der Waals surface area (Å²) >= 11 is 0. The minimum absolute atomic E-state index is 0.265. The third-order valence-corrected chi connectivity index (χ3v) is 5.82. The smallest absolute Gasteiger partial charge is 0.284 e. The van der Waals surface area contributed by atoms with E-state index in [0.717, 1.165) is 30.2 Å². The Kier molecular flexibility index (Phi) is 5.31. The molecule has 2 aliphatic rings. The van der Waals surface area contributed by atoms with Crippen molar-refractivity contribution in [2.75, 3.05) is 0 Å². The number of alkyl halides is 3. The highest BCUT2D eigenvalue weighted by molar-refractivity contribution is 6.00. The van der Waals surface area contributed by atoms with Crippen molar-refractivity contribution in [2.24, 2.45) is 11.8 Å². The molecule has 0 bridgehead atoms. The number of carbonyl (C=O) groups excluding carboxylic acids is 1. The van der Waals surface area contributed by atoms with Gasteiger partial charge in [0.25, 0.3) is 5.78 Å². The topological polar surface area (TPSA) is 17.1 Å². The Balaban J connectivity index is 1.57. The molecule has 0 N–H and O–H groups in total. The van der Waals surface area contributed by atoms with Crippen LogP contribution in [0.4, 0.5) is 13.2 Å². The Morgan fingerprint density at radius 2 is 1.38 bits per heavy atom. The zero-order valence-corrected chi connectivity index (χ0v) is 13.8. The van der Waals surface area contributed by atoms with Gasteiger partial charge in [0.15, 0.2) is 0 Å². The quantitative estimate of drug-likeness (QED) is 0.609. The molecule has 0 aromatic heterocycles. The molecule has 131 valence electrons. The maximum absolute atomic E-state index is 12.5. The van der Waals surface area contributed by atoms with Crippen molar-refractivity contribution in [1.82, 2.24) is 0 Å². The average molecular weight is 337 g/mol. The molecule has 1 nitrogen and oxygen atoms in total. The molecule has 0 amide bonds. The van der Waals surface area contributed by atoms with Gasteiger partial charge in [-0.1, -0.05) is 24.3 Å². The second-order valence-corrected chi connectivity index (χ2v) is 7.26. The normalized spacial score (nSPS) is 26.3. The molecule has 2 aliphatic carbocycles. The molecule has 2 fully saturated rings. The van der Waals surface area contributed by atoms with Crippen molar-refractivity contribution >= 4 is 5.78 Å². The standard InChI is InChI=1S/C20H24F3O/c21-20(22,23)19(24)18-12-10-17(11-13-18)16-8-6-15(7-9-16)14-4-2-1-3-5-14/h1,10-16H,2-9H2/t15-,16-. The Hall–Kier alpha value is -1.32. The highest BCUT2D eigenvalue weighted by Crippen LogP contribution is 2.42. The third kappa shape index (κ3) is 4.01. The fourth-order valence-electron chi connectivity index (χ4n) is 4.42. The van der Waals surface area contributed by atoms with E-state index >= 15 is 0 Å². The fraction of sp³-hybridized carbons (Fsp3) is 0.600. The van der Waals surface area contributed by atoms with E-state index in [1.807, 2.05) is 0 Å². The molecule has 4 heteroatoms. The monoisotopic (exact) mass is 337 g/mol. The lowest BCUT2D eigenvalue weighted by molar-refractivity contribution is -0.0885. The second-order valence-electron chi connectivity index (χ2n) is 7.26. The van der Waals surface area contributed by atoms with Gasteiger partial charge in [-0.2, -0.15) is 13.2 Å². The SMILES string of the molecule is O=C(c1ccc([C@H]2CC[C@H](C3CC[CH]CC3)CC2)cc1)C(F)(F)F. The number of rotatable bonds is 3. The van der Waals surface area contributed by atoms with Crippen LogP contribution in [0.2, 0.25) is 0 Å². The summed E-state index contributed by atoms with van der Waals surface area (Å²) in [5.41, 5.74) is 0.808. The first-order valence-electron chi connectivity index (χ1n) is 8.98. The fourth-order valence-corrected chi connectivity index (χ4v) is 4.42. The van der Waals surface area contributed by atoms with E-state index in [2.05, 4.69) is 6.42 Å². The number of hydrogen-bond donors (Lipinski definition) is 0. The zero-order valence-electron chi connectivity index (χ0n) is 13.8. The summed E-state index contributed by atoms with van der Waals surface area (Å²) in [6.07, 6.45) is 7.40. The predicted octanol–water partition coefficient (Wildman–Crippen LogP) is 6.10. The molecule has 0 heterocycles. The number of benzene rings is 1. The second kappa shape index (κ2) is 7.28. The van der Waals surface area contributed by atoms with Gasteiger partial charge < -0.3 is 0 Å². The van der Waals surface area contributed by atoms with Gasteiger partial charge in [-0.05, 0) is 81.1 Å². The van der Waals surface area contributed by atoms with Crippen LogP contribution in [0.5, 0.6) is 0 Å². The van der Waals surface area contributed by atoms with Crippen LogP contribution in [0.3, 0.4) is 0 Å². The predicted molar refractivity (Wildman–Crippen MR) is 87.8 cm³/mol. The first-order chi connectivity index (χ1) is 11.4. The van der Waals surface area contributed by atoms with E-state index in [0.29, 0.717) is 5.92 Å². The zero-order chi connectivity index (χ0) is 17.2. The molecule has 1 radical (unpaired) electrons. The van der Waals surface area contributed by atoms with E-state index in [1.54, 1.807) is 12.1 Å². The summed E-state index contributed by atoms with van der Waals surface area (Å²) in [5, 5.41) is 0. The number of hydrogen-bond acceptors (Lipinski definition) is 1. The summed E-state index contributed by atoms with van der Waals surface area (Å²) in [5.74, 6) is 0.349. The van der Waals surface area contributed by atoms with Crippen LogP contribution in [0.25, 0.3) is 0 Å². The molecular formula is C20H24F3O. The third-order valence-electron chi connectivity index (χ3n) is 5.82. The molecule has 2 saturated carbocycles. The number of ketones is 1. The Morgan fingerprint density at radius 3 is 1.92 bits per heavy atom. The van der Waals surface area contributed by atoms with Gasteiger partial charge >= 0.3 is 6.18 Å². The molecule has 0 saturated heterocycles. The van der Waals surface area contributed by atoms with E-state index in [4.69, 9.17) is 0 Å². The van der Waals surface area contributed by atoms with Crippen LogP contribution in [0.1, 0.15) is 73.2 Å². The molecule has 0 aliphatic heterocycles. The van der Waals surface area contributed by atoms with Crippen molar-refractivity contribution in [1.29, 1.82) is 0 Å². The lowest BCUT2D eigenvalue weighted by Gasteiger charge is -2.36. The van der Waals surface area contributed by atoms with Gasteiger partial charge in [-0.3, -0.25) is 4.79 Å². The highest BCUT2D eigenvalue weighted by Gasteiger charge is 2.39. The van der Waals surface area contributed by atoms with E-state index in [1.165, 1.54) is 50.7 Å². The largest absolute Gasteiger partial charge is 0.454 e. The molecule has 1 aromatic carbocycles. The van der Waals surface area contributed by atoms with Crippen molar-refractivity contribution in [3.05, 3.63) is 41.8 Å². The van der Waals surface area contributed by atoms with Crippen LogP contribution in [-0.2, 0) is 0 Å². The summed E-state index contributed by atoms with van der Waals surface area (Å²) in [6, 6.07) is 6.07. The van der Waals surface area contributed by atoms with Crippen molar-refractivity contribution in [2.45, 2.75) is 63.5 Å². The minimum Gasteiger partial charge on any atom is -0.284 e. The minimum atomic E-state index is -4.79.